The molecule has 0 radical (unpaired) electrons. The molecule has 0 aliphatic carbocycles. The summed E-state index contributed by atoms with van der Waals surface area (Å²) in [6.45, 7) is 7.65. The van der Waals surface area contributed by atoms with Gasteiger partial charge in [-0.15, -0.1) is 13.2 Å². The minimum Gasteiger partial charge on any atom is -0.343 e. The van der Waals surface area contributed by atoms with Crippen LogP contribution in [0.4, 0.5) is 0 Å². The first-order valence-electron chi connectivity index (χ1n) is 13.4. The molecule has 2 heterocycles. The van der Waals surface area contributed by atoms with Crippen LogP contribution < -0.4 is 10.6 Å². The number of amides is 6. The predicted molar refractivity (Wildman–Crippen MR) is 142 cm³/mol. The van der Waals surface area contributed by atoms with E-state index in [2.05, 4.69) is 23.8 Å². The summed E-state index contributed by atoms with van der Waals surface area (Å²) in [5.74, 6) is -1.74. The normalized spacial score (nSPS) is 18.5. The lowest BCUT2D eigenvalue weighted by atomic mass is 10.1. The monoisotopic (exact) mass is 528 g/mol. The van der Waals surface area contributed by atoms with E-state index in [9.17, 15) is 28.8 Å². The van der Waals surface area contributed by atoms with Gasteiger partial charge in [0, 0.05) is 25.7 Å². The molecular weight excluding hydrogens is 488 g/mol. The van der Waals surface area contributed by atoms with Crippen molar-refractivity contribution >= 4 is 35.4 Å². The Morgan fingerprint density at radius 3 is 1.39 bits per heavy atom. The van der Waals surface area contributed by atoms with Crippen LogP contribution in [0.1, 0.15) is 77.0 Å². The molecule has 2 atom stereocenters. The number of nitrogens with zero attached hydrogens (tertiary/aromatic N) is 2. The SMILES string of the molecule is C=CCCCCC(=O)N[C@H]1CN(C(=O)CC/C=C/CCC(=O)N2C[C@H](NC(=O)CCCCC=C)C2=O)C1=O. The van der Waals surface area contributed by atoms with E-state index in [1.807, 2.05) is 0 Å². The number of hydrogen-bond acceptors (Lipinski definition) is 6. The molecule has 2 aliphatic heterocycles. The van der Waals surface area contributed by atoms with Crippen LogP contribution in [0.5, 0.6) is 0 Å². The zero-order chi connectivity index (χ0) is 27.9. The van der Waals surface area contributed by atoms with Gasteiger partial charge in [-0.05, 0) is 51.4 Å². The molecule has 10 nitrogen and oxygen atoms in total. The third-order valence-corrected chi connectivity index (χ3v) is 6.47. The lowest BCUT2D eigenvalue weighted by molar-refractivity contribution is -0.158. The molecule has 0 bridgehead atoms. The van der Waals surface area contributed by atoms with Crippen molar-refractivity contribution in [2.24, 2.45) is 0 Å². The molecule has 2 saturated heterocycles. The fourth-order valence-electron chi connectivity index (χ4n) is 4.12. The molecule has 0 aromatic rings. The van der Waals surface area contributed by atoms with Crippen LogP contribution in [0.3, 0.4) is 0 Å². The molecule has 10 heteroatoms. The van der Waals surface area contributed by atoms with Crippen molar-refractivity contribution in [2.75, 3.05) is 13.1 Å². The molecule has 2 aliphatic rings. The Morgan fingerprint density at radius 1 is 0.658 bits per heavy atom. The standard InChI is InChI=1S/C28H40N4O6/c1-3-5-7-11-15-23(33)29-21-19-31(27(21)37)25(35)17-13-9-10-14-18-26(36)32-20-22(28(32)38)30-24(34)16-12-8-6-4-2/h3-4,9-10,21-22H,1-2,5-8,11-20H2,(H,29,33)(H,30,34)/b10-9+/t21-,22-/m0/s1. The highest BCUT2D eigenvalue weighted by Gasteiger charge is 2.41. The van der Waals surface area contributed by atoms with E-state index in [0.717, 1.165) is 48.3 Å². The first-order valence-corrected chi connectivity index (χ1v) is 13.4. The lowest BCUT2D eigenvalue weighted by Gasteiger charge is -2.37. The molecule has 6 amide bonds. The van der Waals surface area contributed by atoms with Gasteiger partial charge in [0.05, 0.1) is 13.1 Å². The van der Waals surface area contributed by atoms with E-state index in [1.165, 1.54) is 0 Å². The highest BCUT2D eigenvalue weighted by molar-refractivity contribution is 6.05. The van der Waals surface area contributed by atoms with Gasteiger partial charge in [-0.3, -0.25) is 38.6 Å². The van der Waals surface area contributed by atoms with Crippen LogP contribution in [0.15, 0.2) is 37.5 Å². The van der Waals surface area contributed by atoms with E-state index >= 15 is 0 Å². The second-order valence-corrected chi connectivity index (χ2v) is 9.54. The number of carbonyl (C=O) groups is 6. The van der Waals surface area contributed by atoms with E-state index in [4.69, 9.17) is 0 Å². The minimum atomic E-state index is -0.633. The molecular formula is C28H40N4O6. The molecule has 38 heavy (non-hydrogen) atoms. The van der Waals surface area contributed by atoms with Crippen molar-refractivity contribution < 1.29 is 28.8 Å². The Hall–Kier alpha value is -3.56. The molecule has 2 fully saturated rings. The van der Waals surface area contributed by atoms with Crippen molar-refractivity contribution in [3.63, 3.8) is 0 Å². The smallest absolute Gasteiger partial charge is 0.253 e. The van der Waals surface area contributed by atoms with Crippen LogP contribution in [-0.4, -0.2) is 70.4 Å². The van der Waals surface area contributed by atoms with Gasteiger partial charge in [-0.1, -0.05) is 24.3 Å². The summed E-state index contributed by atoms with van der Waals surface area (Å²) in [5, 5.41) is 5.33. The summed E-state index contributed by atoms with van der Waals surface area (Å²) >= 11 is 0. The van der Waals surface area contributed by atoms with E-state index in [-0.39, 0.29) is 61.4 Å². The molecule has 2 rings (SSSR count). The van der Waals surface area contributed by atoms with Crippen LogP contribution in [-0.2, 0) is 28.8 Å². The summed E-state index contributed by atoms with van der Waals surface area (Å²) < 4.78 is 0. The Labute approximate surface area is 224 Å². The Morgan fingerprint density at radius 2 is 1.05 bits per heavy atom. The van der Waals surface area contributed by atoms with Crippen molar-refractivity contribution in [3.8, 4) is 0 Å². The minimum absolute atomic E-state index is 0.151. The molecule has 208 valence electrons. The number of allylic oxidation sites excluding steroid dienone is 4. The number of imide groups is 2. The Kier molecular flexibility index (Phi) is 13.2. The molecule has 2 N–H and O–H groups in total. The fraction of sp³-hybridized carbons (Fsp3) is 0.571. The second kappa shape index (κ2) is 16.3. The highest BCUT2D eigenvalue weighted by atomic mass is 16.2. The summed E-state index contributed by atoms with van der Waals surface area (Å²) in [4.78, 5) is 74.9. The number of carbonyl (C=O) groups excluding carboxylic acids is 6. The maximum atomic E-state index is 12.2. The summed E-state index contributed by atoms with van der Waals surface area (Å²) in [5.41, 5.74) is 0. The zero-order valence-corrected chi connectivity index (χ0v) is 22.1. The van der Waals surface area contributed by atoms with E-state index in [0.29, 0.717) is 25.7 Å². The van der Waals surface area contributed by atoms with Gasteiger partial charge in [-0.25, -0.2) is 0 Å². The van der Waals surface area contributed by atoms with Gasteiger partial charge in [0.1, 0.15) is 12.1 Å². The Bertz CT molecular complexity index is 870. The summed E-state index contributed by atoms with van der Waals surface area (Å²) in [6, 6.07) is -1.27. The maximum absolute atomic E-state index is 12.2. The van der Waals surface area contributed by atoms with E-state index < -0.39 is 12.1 Å². The topological polar surface area (TPSA) is 133 Å². The molecule has 0 saturated carbocycles. The number of likely N-dealkylation sites (tertiary alicyclic amines) is 2. The van der Waals surface area contributed by atoms with Crippen LogP contribution >= 0.6 is 0 Å². The van der Waals surface area contributed by atoms with Crippen molar-refractivity contribution in [3.05, 3.63) is 37.5 Å². The van der Waals surface area contributed by atoms with Gasteiger partial charge in [0.25, 0.3) is 11.8 Å². The van der Waals surface area contributed by atoms with Crippen molar-refractivity contribution in [2.45, 2.75) is 89.1 Å². The van der Waals surface area contributed by atoms with Gasteiger partial charge in [0.15, 0.2) is 0 Å². The lowest BCUT2D eigenvalue weighted by Crippen LogP contribution is -2.65. The molecule has 0 aromatic carbocycles. The van der Waals surface area contributed by atoms with Crippen molar-refractivity contribution in [1.29, 1.82) is 0 Å². The molecule has 0 unspecified atom stereocenters. The molecule has 0 spiro atoms. The highest BCUT2D eigenvalue weighted by Crippen LogP contribution is 2.15. The Balaban J connectivity index is 1.54. The molecule has 0 aromatic heterocycles. The third kappa shape index (κ3) is 9.72. The number of nitrogens with one attached hydrogen (secondary N) is 2. The second-order valence-electron chi connectivity index (χ2n) is 9.54. The summed E-state index contributed by atoms with van der Waals surface area (Å²) in [6.07, 6.45) is 13.9. The quantitative estimate of drug-likeness (QED) is 0.159. The van der Waals surface area contributed by atoms with Crippen molar-refractivity contribution in [1.82, 2.24) is 20.4 Å². The van der Waals surface area contributed by atoms with Crippen LogP contribution in [0.2, 0.25) is 0 Å². The maximum Gasteiger partial charge on any atom is 0.253 e. The predicted octanol–water partition coefficient (Wildman–Crippen LogP) is 2.30. The third-order valence-electron chi connectivity index (χ3n) is 6.47. The van der Waals surface area contributed by atoms with Crippen LogP contribution in [0.25, 0.3) is 0 Å². The first kappa shape index (κ1) is 30.7. The van der Waals surface area contributed by atoms with Gasteiger partial charge >= 0.3 is 0 Å². The van der Waals surface area contributed by atoms with Gasteiger partial charge in [-0.2, -0.15) is 0 Å². The fourth-order valence-corrected chi connectivity index (χ4v) is 4.12. The average molecular weight is 529 g/mol. The number of rotatable bonds is 18. The number of β-lactam (4-membered cyclic amide) rings is 2. The van der Waals surface area contributed by atoms with E-state index in [1.54, 1.807) is 24.3 Å². The number of unbranched alkanes of at least 4 members (excludes halogenated alkanes) is 4. The zero-order valence-electron chi connectivity index (χ0n) is 22.1. The number of hydrogen-bond donors (Lipinski definition) is 2. The average Bonchev–Trinajstić information content (AvgIpc) is 2.90. The summed E-state index contributed by atoms with van der Waals surface area (Å²) in [7, 11) is 0. The largest absolute Gasteiger partial charge is 0.343 e. The van der Waals surface area contributed by atoms with Crippen LogP contribution in [0, 0.1) is 0 Å². The van der Waals surface area contributed by atoms with Gasteiger partial charge in [0.2, 0.25) is 23.6 Å². The first-order chi connectivity index (χ1) is 18.3. The van der Waals surface area contributed by atoms with Gasteiger partial charge < -0.3 is 10.6 Å².